The summed E-state index contributed by atoms with van der Waals surface area (Å²) >= 11 is 5.81. The topological polar surface area (TPSA) is 104 Å². The number of halogens is 1. The van der Waals surface area contributed by atoms with Crippen molar-refractivity contribution >= 4 is 39.1 Å². The lowest BCUT2D eigenvalue weighted by atomic mass is 9.81. The summed E-state index contributed by atoms with van der Waals surface area (Å²) in [7, 11) is -3.59. The molecule has 0 atom stereocenters. The molecule has 2 aromatic rings. The molecule has 1 saturated carbocycles. The Labute approximate surface area is 194 Å². The Morgan fingerprint density at radius 3 is 2.22 bits per heavy atom. The van der Waals surface area contributed by atoms with E-state index in [1.165, 1.54) is 12.1 Å². The van der Waals surface area contributed by atoms with Crippen LogP contribution in [0.4, 0.5) is 5.69 Å². The maximum Gasteiger partial charge on any atom is 0.243 e. The van der Waals surface area contributed by atoms with Crippen LogP contribution in [0.3, 0.4) is 0 Å². The largest absolute Gasteiger partial charge is 0.347 e. The van der Waals surface area contributed by atoms with E-state index in [1.807, 2.05) is 31.2 Å². The molecule has 1 fully saturated rings. The fraction of sp³-hybridized carbons (Fsp3) is 0.391. The molecule has 1 aliphatic rings. The Balaban J connectivity index is 1.38. The number of hydrogen-bond acceptors (Lipinski definition) is 4. The van der Waals surface area contributed by atoms with Crippen molar-refractivity contribution in [3.63, 3.8) is 0 Å². The molecule has 0 aromatic heterocycles. The van der Waals surface area contributed by atoms with Crippen LogP contribution in [-0.2, 0) is 19.6 Å². The molecule has 9 heteroatoms. The molecular formula is C23H28ClN3O4S. The van der Waals surface area contributed by atoms with Gasteiger partial charge in [0.15, 0.2) is 0 Å². The predicted molar refractivity (Wildman–Crippen MR) is 125 cm³/mol. The van der Waals surface area contributed by atoms with Gasteiger partial charge in [0, 0.05) is 23.2 Å². The first-order valence-corrected chi connectivity index (χ1v) is 12.5. The van der Waals surface area contributed by atoms with Gasteiger partial charge in [-0.2, -0.15) is 0 Å². The van der Waals surface area contributed by atoms with E-state index < -0.39 is 10.0 Å². The fourth-order valence-electron chi connectivity index (χ4n) is 3.71. The summed E-state index contributed by atoms with van der Waals surface area (Å²) < 4.78 is 27.4. The number of anilines is 1. The Kier molecular flexibility index (Phi) is 8.28. The highest BCUT2D eigenvalue weighted by Crippen LogP contribution is 2.29. The van der Waals surface area contributed by atoms with E-state index in [9.17, 15) is 18.0 Å². The van der Waals surface area contributed by atoms with Gasteiger partial charge in [-0.25, -0.2) is 13.1 Å². The SMILES string of the molecule is Cc1ccc(NC(=O)CNC(=O)C2CCC(CNS(=O)(=O)c3ccc(Cl)cc3)CC2)cc1. The van der Waals surface area contributed by atoms with E-state index in [-0.39, 0.29) is 35.1 Å². The lowest BCUT2D eigenvalue weighted by molar-refractivity contribution is -0.128. The standard InChI is InChI=1S/C23H28ClN3O4S/c1-16-2-10-20(11-3-16)27-22(28)15-25-23(29)18-6-4-17(5-7-18)14-26-32(30,31)21-12-8-19(24)9-13-21/h2-3,8-13,17-18,26H,4-7,14-15H2,1H3,(H,25,29)(H,27,28). The minimum Gasteiger partial charge on any atom is -0.347 e. The Morgan fingerprint density at radius 1 is 0.969 bits per heavy atom. The second-order valence-corrected chi connectivity index (χ2v) is 10.4. The summed E-state index contributed by atoms with van der Waals surface area (Å²) in [5, 5.41) is 5.94. The third kappa shape index (κ3) is 7.05. The summed E-state index contributed by atoms with van der Waals surface area (Å²) in [4.78, 5) is 24.7. The molecule has 0 heterocycles. The van der Waals surface area contributed by atoms with E-state index >= 15 is 0 Å². The number of aryl methyl sites for hydroxylation is 1. The molecule has 0 unspecified atom stereocenters. The zero-order chi connectivity index (χ0) is 23.1. The van der Waals surface area contributed by atoms with Crippen LogP contribution >= 0.6 is 11.6 Å². The molecule has 2 aromatic carbocycles. The molecule has 0 bridgehead atoms. The lowest BCUT2D eigenvalue weighted by Gasteiger charge is -2.27. The smallest absolute Gasteiger partial charge is 0.243 e. The van der Waals surface area contributed by atoms with Crippen LogP contribution in [0.25, 0.3) is 0 Å². The van der Waals surface area contributed by atoms with Crippen LogP contribution in [-0.4, -0.2) is 33.3 Å². The highest BCUT2D eigenvalue weighted by molar-refractivity contribution is 7.89. The quantitative estimate of drug-likeness (QED) is 0.541. The van der Waals surface area contributed by atoms with Crippen molar-refractivity contribution in [3.8, 4) is 0 Å². The molecule has 1 aliphatic carbocycles. The van der Waals surface area contributed by atoms with Crippen molar-refractivity contribution < 1.29 is 18.0 Å². The van der Waals surface area contributed by atoms with Gasteiger partial charge in [-0.1, -0.05) is 29.3 Å². The molecule has 3 rings (SSSR count). The van der Waals surface area contributed by atoms with Crippen molar-refractivity contribution in [1.29, 1.82) is 0 Å². The number of rotatable bonds is 8. The van der Waals surface area contributed by atoms with Crippen LogP contribution in [0.15, 0.2) is 53.4 Å². The van der Waals surface area contributed by atoms with Crippen LogP contribution in [0.1, 0.15) is 31.2 Å². The van der Waals surface area contributed by atoms with E-state index in [1.54, 1.807) is 12.1 Å². The van der Waals surface area contributed by atoms with Crippen LogP contribution in [0.2, 0.25) is 5.02 Å². The maximum absolute atomic E-state index is 12.4. The molecule has 0 saturated heterocycles. The van der Waals surface area contributed by atoms with Crippen molar-refractivity contribution in [2.75, 3.05) is 18.4 Å². The normalized spacial score (nSPS) is 18.7. The third-order valence-corrected chi connectivity index (χ3v) is 7.35. The van der Waals surface area contributed by atoms with Gasteiger partial charge in [0.25, 0.3) is 0 Å². The average molecular weight is 478 g/mol. The Bertz CT molecular complexity index is 1030. The Hall–Kier alpha value is -2.42. The zero-order valence-corrected chi connectivity index (χ0v) is 19.5. The van der Waals surface area contributed by atoms with Crippen LogP contribution in [0, 0.1) is 18.8 Å². The lowest BCUT2D eigenvalue weighted by Crippen LogP contribution is -2.39. The molecule has 0 radical (unpaired) electrons. The van der Waals surface area contributed by atoms with Crippen molar-refractivity contribution in [1.82, 2.24) is 10.0 Å². The number of carbonyl (C=O) groups is 2. The van der Waals surface area contributed by atoms with E-state index in [2.05, 4.69) is 15.4 Å². The number of nitrogens with one attached hydrogen (secondary N) is 3. The minimum absolute atomic E-state index is 0.0759. The van der Waals surface area contributed by atoms with E-state index in [0.29, 0.717) is 30.1 Å². The number of amides is 2. The number of hydrogen-bond donors (Lipinski definition) is 3. The first-order valence-electron chi connectivity index (χ1n) is 10.6. The summed E-state index contributed by atoms with van der Waals surface area (Å²) in [6, 6.07) is 13.5. The molecule has 2 amide bonds. The number of benzene rings is 2. The van der Waals surface area contributed by atoms with Gasteiger partial charge >= 0.3 is 0 Å². The van der Waals surface area contributed by atoms with Gasteiger partial charge in [0.1, 0.15) is 0 Å². The Morgan fingerprint density at radius 2 is 1.59 bits per heavy atom. The molecule has 0 aliphatic heterocycles. The highest BCUT2D eigenvalue weighted by atomic mass is 35.5. The second-order valence-electron chi connectivity index (χ2n) is 8.16. The summed E-state index contributed by atoms with van der Waals surface area (Å²) in [6.07, 6.45) is 2.82. The van der Waals surface area contributed by atoms with Crippen LogP contribution < -0.4 is 15.4 Å². The van der Waals surface area contributed by atoms with Crippen molar-refractivity contribution in [2.45, 2.75) is 37.5 Å². The van der Waals surface area contributed by atoms with Gasteiger partial charge in [-0.05, 0) is 74.9 Å². The summed E-state index contributed by atoms with van der Waals surface area (Å²) in [5.74, 6) is -0.394. The van der Waals surface area contributed by atoms with Crippen molar-refractivity contribution in [2.24, 2.45) is 11.8 Å². The fourth-order valence-corrected chi connectivity index (χ4v) is 4.95. The summed E-state index contributed by atoms with van der Waals surface area (Å²) in [6.45, 7) is 2.22. The van der Waals surface area contributed by atoms with E-state index in [4.69, 9.17) is 11.6 Å². The van der Waals surface area contributed by atoms with Gasteiger partial charge in [0.2, 0.25) is 21.8 Å². The molecule has 172 valence electrons. The number of sulfonamides is 1. The number of carbonyl (C=O) groups excluding carboxylic acids is 2. The van der Waals surface area contributed by atoms with Crippen LogP contribution in [0.5, 0.6) is 0 Å². The van der Waals surface area contributed by atoms with Gasteiger partial charge in [-0.3, -0.25) is 9.59 Å². The third-order valence-electron chi connectivity index (χ3n) is 5.66. The highest BCUT2D eigenvalue weighted by Gasteiger charge is 2.27. The minimum atomic E-state index is -3.59. The maximum atomic E-state index is 12.4. The average Bonchev–Trinajstić information content (AvgIpc) is 2.78. The second kappa shape index (κ2) is 10.9. The van der Waals surface area contributed by atoms with Gasteiger partial charge in [0.05, 0.1) is 11.4 Å². The van der Waals surface area contributed by atoms with E-state index in [0.717, 1.165) is 18.4 Å². The first-order chi connectivity index (χ1) is 15.2. The molecular weight excluding hydrogens is 450 g/mol. The molecule has 0 spiro atoms. The van der Waals surface area contributed by atoms with Gasteiger partial charge in [-0.15, -0.1) is 0 Å². The molecule has 32 heavy (non-hydrogen) atoms. The monoisotopic (exact) mass is 477 g/mol. The zero-order valence-electron chi connectivity index (χ0n) is 17.9. The molecule has 3 N–H and O–H groups in total. The summed E-state index contributed by atoms with van der Waals surface area (Å²) in [5.41, 5.74) is 1.79. The predicted octanol–water partition coefficient (Wildman–Crippen LogP) is 3.49. The van der Waals surface area contributed by atoms with Gasteiger partial charge < -0.3 is 10.6 Å². The first kappa shape index (κ1) is 24.2. The molecule has 7 nitrogen and oxygen atoms in total. The van der Waals surface area contributed by atoms with Crippen molar-refractivity contribution in [3.05, 3.63) is 59.1 Å².